The van der Waals surface area contributed by atoms with Crippen molar-refractivity contribution in [1.82, 2.24) is 4.98 Å². The smallest absolute Gasteiger partial charge is 0.325 e. The number of aromatic nitrogens is 1. The number of thiazole rings is 1. The van der Waals surface area contributed by atoms with Gasteiger partial charge >= 0.3 is 5.97 Å². The third kappa shape index (κ3) is 3.80. The zero-order chi connectivity index (χ0) is 16.1. The van der Waals surface area contributed by atoms with Crippen LogP contribution in [0.3, 0.4) is 0 Å². The number of nitrogens with zero attached hydrogens (tertiary/aromatic N) is 3. The minimum atomic E-state index is -0.360. The highest BCUT2D eigenvalue weighted by atomic mass is 35.5. The number of ether oxygens (including phenoxy) is 1. The fourth-order valence-corrected chi connectivity index (χ4v) is 2.91. The summed E-state index contributed by atoms with van der Waals surface area (Å²) in [6.07, 6.45) is 0. The van der Waals surface area contributed by atoms with Crippen molar-refractivity contribution in [2.24, 2.45) is 5.18 Å². The van der Waals surface area contributed by atoms with Gasteiger partial charge < -0.3 is 9.64 Å². The van der Waals surface area contributed by atoms with Gasteiger partial charge in [-0.2, -0.15) is 4.91 Å². The van der Waals surface area contributed by atoms with Crippen molar-refractivity contribution < 1.29 is 9.53 Å². The van der Waals surface area contributed by atoms with Gasteiger partial charge in [-0.25, -0.2) is 4.98 Å². The van der Waals surface area contributed by atoms with Crippen LogP contribution in [0.25, 0.3) is 11.3 Å². The quantitative estimate of drug-likeness (QED) is 0.596. The van der Waals surface area contributed by atoms with Crippen LogP contribution in [-0.2, 0) is 16.1 Å². The summed E-state index contributed by atoms with van der Waals surface area (Å²) >= 11 is 7.21. The third-order valence-corrected chi connectivity index (χ3v) is 4.34. The van der Waals surface area contributed by atoms with Crippen LogP contribution in [-0.4, -0.2) is 31.7 Å². The molecule has 0 atom stereocenters. The molecule has 0 spiro atoms. The molecule has 1 aromatic carbocycles. The standard InChI is InChI=1S/C14H14ClN3O3S/c1-18(8-12(19)21-2)14-17-13(11(22-14)7-16-20)9-3-5-10(15)6-4-9/h3-6H,7-8H2,1-2H3. The summed E-state index contributed by atoms with van der Waals surface area (Å²) in [6.45, 7) is 0.111. The Balaban J connectivity index is 2.34. The van der Waals surface area contributed by atoms with E-state index < -0.39 is 0 Å². The highest BCUT2D eigenvalue weighted by Crippen LogP contribution is 2.33. The average Bonchev–Trinajstić information content (AvgIpc) is 2.92. The van der Waals surface area contributed by atoms with E-state index in [-0.39, 0.29) is 19.1 Å². The summed E-state index contributed by atoms with van der Waals surface area (Å²) in [4.78, 5) is 28.9. The molecule has 0 fully saturated rings. The van der Waals surface area contributed by atoms with Crippen molar-refractivity contribution in [2.45, 2.75) is 6.54 Å². The van der Waals surface area contributed by atoms with Crippen molar-refractivity contribution in [2.75, 3.05) is 25.6 Å². The van der Waals surface area contributed by atoms with Crippen LogP contribution in [0.15, 0.2) is 29.4 Å². The molecule has 116 valence electrons. The largest absolute Gasteiger partial charge is 0.468 e. The Morgan fingerprint density at radius 3 is 2.68 bits per heavy atom. The highest BCUT2D eigenvalue weighted by molar-refractivity contribution is 7.16. The number of anilines is 1. The highest BCUT2D eigenvalue weighted by Gasteiger charge is 2.17. The minimum absolute atomic E-state index is 0.0295. The number of likely N-dealkylation sites (N-methyl/N-ethyl adjacent to an activating group) is 1. The first-order chi connectivity index (χ1) is 10.5. The lowest BCUT2D eigenvalue weighted by Crippen LogP contribution is -2.26. The van der Waals surface area contributed by atoms with E-state index in [0.29, 0.717) is 15.8 Å². The zero-order valence-corrected chi connectivity index (χ0v) is 13.6. The lowest BCUT2D eigenvalue weighted by atomic mass is 10.1. The molecular formula is C14H14ClN3O3S. The number of halogens is 1. The molecule has 0 aliphatic heterocycles. The number of hydrogen-bond donors (Lipinski definition) is 0. The van der Waals surface area contributed by atoms with Crippen LogP contribution in [0.2, 0.25) is 5.02 Å². The van der Waals surface area contributed by atoms with Crippen LogP contribution in [0.4, 0.5) is 5.13 Å². The first-order valence-electron chi connectivity index (χ1n) is 6.38. The topological polar surface area (TPSA) is 71.9 Å². The number of benzene rings is 1. The van der Waals surface area contributed by atoms with Crippen molar-refractivity contribution in [3.8, 4) is 11.3 Å². The number of methoxy groups -OCH3 is 1. The number of carbonyl (C=O) groups excluding carboxylic acids is 1. The number of esters is 1. The van der Waals surface area contributed by atoms with Crippen molar-refractivity contribution >= 4 is 34.0 Å². The Kier molecular flexibility index (Phi) is 5.46. The first kappa shape index (κ1) is 16.4. The monoisotopic (exact) mass is 339 g/mol. The second-order valence-corrected chi connectivity index (χ2v) is 5.99. The SMILES string of the molecule is COC(=O)CN(C)c1nc(-c2ccc(Cl)cc2)c(CN=O)s1. The molecule has 0 aliphatic carbocycles. The Hall–Kier alpha value is -1.99. The van der Waals surface area contributed by atoms with Crippen LogP contribution < -0.4 is 4.90 Å². The van der Waals surface area contributed by atoms with Crippen LogP contribution in [0.1, 0.15) is 4.88 Å². The normalized spacial score (nSPS) is 10.3. The molecule has 0 aliphatic rings. The second kappa shape index (κ2) is 7.33. The Labute approximate surface area is 136 Å². The summed E-state index contributed by atoms with van der Waals surface area (Å²) in [7, 11) is 3.07. The van der Waals surface area contributed by atoms with Gasteiger partial charge in [0.1, 0.15) is 13.1 Å². The Morgan fingerprint density at radius 2 is 2.09 bits per heavy atom. The van der Waals surface area contributed by atoms with Gasteiger partial charge in [0.05, 0.1) is 17.7 Å². The predicted molar refractivity (Wildman–Crippen MR) is 87.3 cm³/mol. The molecule has 0 saturated heterocycles. The fourth-order valence-electron chi connectivity index (χ4n) is 1.83. The van der Waals surface area contributed by atoms with E-state index in [9.17, 15) is 9.70 Å². The molecule has 22 heavy (non-hydrogen) atoms. The molecule has 1 heterocycles. The summed E-state index contributed by atoms with van der Waals surface area (Å²) < 4.78 is 4.64. The van der Waals surface area contributed by atoms with Gasteiger partial charge in [0.15, 0.2) is 5.13 Å². The third-order valence-electron chi connectivity index (χ3n) is 2.93. The van der Waals surface area contributed by atoms with E-state index in [1.165, 1.54) is 18.4 Å². The number of hydrogen-bond acceptors (Lipinski definition) is 7. The van der Waals surface area contributed by atoms with Gasteiger partial charge in [0.2, 0.25) is 0 Å². The van der Waals surface area contributed by atoms with Gasteiger partial charge in [-0.1, -0.05) is 40.2 Å². The molecule has 1 aromatic heterocycles. The molecule has 0 bridgehead atoms. The zero-order valence-electron chi connectivity index (χ0n) is 12.1. The van der Waals surface area contributed by atoms with Crippen molar-refractivity contribution in [3.05, 3.63) is 39.1 Å². The molecular weight excluding hydrogens is 326 g/mol. The predicted octanol–water partition coefficient (Wildman–Crippen LogP) is 3.34. The first-order valence-corrected chi connectivity index (χ1v) is 7.57. The average molecular weight is 340 g/mol. The van der Waals surface area contributed by atoms with E-state index in [0.717, 1.165) is 10.4 Å². The molecule has 6 nitrogen and oxygen atoms in total. The van der Waals surface area contributed by atoms with E-state index in [1.807, 2.05) is 12.1 Å². The van der Waals surface area contributed by atoms with Gasteiger partial charge in [-0.3, -0.25) is 4.79 Å². The van der Waals surface area contributed by atoms with E-state index in [2.05, 4.69) is 14.9 Å². The summed E-state index contributed by atoms with van der Waals surface area (Å²) in [5.41, 5.74) is 1.52. The fraction of sp³-hybridized carbons (Fsp3) is 0.286. The minimum Gasteiger partial charge on any atom is -0.468 e. The molecule has 0 N–H and O–H groups in total. The lowest BCUT2D eigenvalue weighted by Gasteiger charge is -2.13. The van der Waals surface area contributed by atoms with Crippen molar-refractivity contribution in [3.63, 3.8) is 0 Å². The van der Waals surface area contributed by atoms with Gasteiger partial charge in [0.25, 0.3) is 0 Å². The van der Waals surface area contributed by atoms with Gasteiger partial charge in [-0.15, -0.1) is 0 Å². The van der Waals surface area contributed by atoms with E-state index in [1.54, 1.807) is 24.1 Å². The van der Waals surface area contributed by atoms with Crippen LogP contribution >= 0.6 is 22.9 Å². The maximum atomic E-state index is 11.4. The van der Waals surface area contributed by atoms with Crippen molar-refractivity contribution in [1.29, 1.82) is 0 Å². The molecule has 8 heteroatoms. The lowest BCUT2D eigenvalue weighted by molar-refractivity contribution is -0.138. The van der Waals surface area contributed by atoms with Gasteiger partial charge in [0, 0.05) is 17.6 Å². The Bertz CT molecular complexity index is 672. The van der Waals surface area contributed by atoms with Gasteiger partial charge in [-0.05, 0) is 12.1 Å². The maximum absolute atomic E-state index is 11.4. The number of carbonyl (C=O) groups is 1. The second-order valence-electron chi connectivity index (χ2n) is 4.49. The number of nitroso groups, excluding NO2 is 1. The molecule has 0 amide bonds. The van der Waals surface area contributed by atoms with Crippen LogP contribution in [0.5, 0.6) is 0 Å². The summed E-state index contributed by atoms with van der Waals surface area (Å²) in [5.74, 6) is -0.360. The summed E-state index contributed by atoms with van der Waals surface area (Å²) in [6, 6.07) is 7.17. The molecule has 2 aromatic rings. The maximum Gasteiger partial charge on any atom is 0.325 e. The summed E-state index contributed by atoms with van der Waals surface area (Å²) in [5, 5.41) is 4.19. The van der Waals surface area contributed by atoms with E-state index >= 15 is 0 Å². The number of rotatable bonds is 6. The molecule has 2 rings (SSSR count). The Morgan fingerprint density at radius 1 is 1.41 bits per heavy atom. The molecule has 0 radical (unpaired) electrons. The molecule has 0 unspecified atom stereocenters. The van der Waals surface area contributed by atoms with Crippen LogP contribution in [0, 0.1) is 4.91 Å². The molecule has 0 saturated carbocycles. The van der Waals surface area contributed by atoms with E-state index in [4.69, 9.17) is 11.6 Å².